The van der Waals surface area contributed by atoms with Crippen molar-refractivity contribution in [3.05, 3.63) is 65.7 Å². The average Bonchev–Trinajstić information content (AvgIpc) is 3.50. The van der Waals surface area contributed by atoms with Crippen LogP contribution < -0.4 is 0 Å². The Morgan fingerprint density at radius 2 is 1.69 bits per heavy atom. The quantitative estimate of drug-likeness (QED) is 0.597. The van der Waals surface area contributed by atoms with Gasteiger partial charge in [0.2, 0.25) is 5.78 Å². The Balaban J connectivity index is 1.65. The molecule has 3 rings (SSSR count). The molecule has 0 spiro atoms. The Bertz CT molecular complexity index is 772. The lowest BCUT2D eigenvalue weighted by atomic mass is 10.0. The number of carbonyl (C=O) groups excluding carboxylic acids is 2. The van der Waals surface area contributed by atoms with E-state index in [4.69, 9.17) is 0 Å². The van der Waals surface area contributed by atoms with E-state index in [9.17, 15) is 14.7 Å². The van der Waals surface area contributed by atoms with Crippen LogP contribution in [-0.4, -0.2) is 40.0 Å². The molecular weight excluding hydrogens is 346 g/mol. The van der Waals surface area contributed by atoms with Crippen molar-refractivity contribution in [3.8, 4) is 0 Å². The van der Waals surface area contributed by atoms with E-state index in [1.165, 1.54) is 17.7 Å². The number of likely N-dealkylation sites (N-methyl/N-ethyl adjacent to an activating group) is 1. The maximum absolute atomic E-state index is 12.6. The predicted octanol–water partition coefficient (Wildman–Crippen LogP) is 3.70. The van der Waals surface area contributed by atoms with Gasteiger partial charge in [0.25, 0.3) is 5.91 Å². The van der Waals surface area contributed by atoms with Crippen molar-refractivity contribution in [1.82, 2.24) is 4.90 Å². The molecule has 0 bridgehead atoms. The van der Waals surface area contributed by atoms with E-state index in [1.54, 1.807) is 38.2 Å². The summed E-state index contributed by atoms with van der Waals surface area (Å²) < 4.78 is 0. The molecule has 1 N–H and O–H groups in total. The smallest absolute Gasteiger partial charge is 0.295 e. The zero-order valence-corrected chi connectivity index (χ0v) is 15.8. The molecular formula is C21H23NO3S. The first kappa shape index (κ1) is 18.7. The standard InChI is InChI=1S/C21H23NO3S/c1-14(19(23)15-6-4-3-5-7-15)22(2)21(25)20(24)16-8-10-17(11-9-16)26-18-12-13-18/h3-11,14,18-19,23H,12-13H2,1-2H3/t14-,19+/m1/s1. The van der Waals surface area contributed by atoms with Crippen LogP contribution in [0.15, 0.2) is 59.5 Å². The van der Waals surface area contributed by atoms with Crippen LogP contribution in [0.5, 0.6) is 0 Å². The largest absolute Gasteiger partial charge is 0.386 e. The molecule has 1 saturated carbocycles. The highest BCUT2D eigenvalue weighted by Crippen LogP contribution is 2.39. The molecule has 1 aliphatic carbocycles. The van der Waals surface area contributed by atoms with E-state index >= 15 is 0 Å². The van der Waals surface area contributed by atoms with Crippen LogP contribution in [0.2, 0.25) is 0 Å². The highest BCUT2D eigenvalue weighted by atomic mass is 32.2. The summed E-state index contributed by atoms with van der Waals surface area (Å²) in [6.07, 6.45) is 1.64. The van der Waals surface area contributed by atoms with Gasteiger partial charge in [-0.15, -0.1) is 11.8 Å². The molecule has 2 aromatic carbocycles. The molecule has 0 aliphatic heterocycles. The van der Waals surface area contributed by atoms with Gasteiger partial charge in [-0.1, -0.05) is 30.3 Å². The number of rotatable bonds is 7. The lowest BCUT2D eigenvalue weighted by Gasteiger charge is -2.28. The Morgan fingerprint density at radius 1 is 1.08 bits per heavy atom. The van der Waals surface area contributed by atoms with E-state index in [0.717, 1.165) is 4.90 Å². The van der Waals surface area contributed by atoms with Crippen molar-refractivity contribution in [2.45, 2.75) is 42.1 Å². The molecule has 0 saturated heterocycles. The van der Waals surface area contributed by atoms with Gasteiger partial charge in [0.1, 0.15) is 0 Å². The first-order chi connectivity index (χ1) is 12.5. The maximum atomic E-state index is 12.6. The third-order valence-corrected chi connectivity index (χ3v) is 6.02. The summed E-state index contributed by atoms with van der Waals surface area (Å²) in [5.74, 6) is -1.17. The third kappa shape index (κ3) is 4.34. The zero-order valence-electron chi connectivity index (χ0n) is 15.0. The van der Waals surface area contributed by atoms with Crippen LogP contribution in [0.1, 0.15) is 41.8 Å². The number of thioether (sulfide) groups is 1. The minimum atomic E-state index is -0.852. The number of aliphatic hydroxyl groups is 1. The van der Waals surface area contributed by atoms with Crippen LogP contribution in [0.3, 0.4) is 0 Å². The van der Waals surface area contributed by atoms with Crippen LogP contribution in [0, 0.1) is 0 Å². The van der Waals surface area contributed by atoms with Gasteiger partial charge >= 0.3 is 0 Å². The second-order valence-electron chi connectivity index (χ2n) is 6.68. The molecule has 2 atom stereocenters. The Morgan fingerprint density at radius 3 is 2.27 bits per heavy atom. The zero-order chi connectivity index (χ0) is 18.7. The van der Waals surface area contributed by atoms with Gasteiger partial charge in [0.15, 0.2) is 0 Å². The molecule has 1 fully saturated rings. The second-order valence-corrected chi connectivity index (χ2v) is 8.06. The number of carbonyl (C=O) groups is 2. The maximum Gasteiger partial charge on any atom is 0.295 e. The summed E-state index contributed by atoms with van der Waals surface area (Å²) >= 11 is 1.81. The Kier molecular flexibility index (Phi) is 5.79. The average molecular weight is 369 g/mol. The molecule has 1 amide bonds. The SMILES string of the molecule is C[C@H]([C@H](O)c1ccccc1)N(C)C(=O)C(=O)c1ccc(SC2CC2)cc1. The fourth-order valence-electron chi connectivity index (χ4n) is 2.67. The molecule has 0 radical (unpaired) electrons. The summed E-state index contributed by atoms with van der Waals surface area (Å²) in [6.45, 7) is 1.73. The summed E-state index contributed by atoms with van der Waals surface area (Å²) in [5.41, 5.74) is 1.09. The summed E-state index contributed by atoms with van der Waals surface area (Å²) in [4.78, 5) is 27.5. The highest BCUT2D eigenvalue weighted by molar-refractivity contribution is 8.00. The number of amides is 1. The number of Topliss-reactive ketones (excluding diaryl/α,β-unsaturated/α-hetero) is 1. The number of hydrogen-bond donors (Lipinski definition) is 1. The van der Waals surface area contributed by atoms with Gasteiger partial charge in [0.05, 0.1) is 12.1 Å². The number of benzene rings is 2. The van der Waals surface area contributed by atoms with E-state index in [1.807, 2.05) is 42.1 Å². The van der Waals surface area contributed by atoms with Gasteiger partial charge in [-0.3, -0.25) is 9.59 Å². The van der Waals surface area contributed by atoms with E-state index < -0.39 is 23.8 Å². The van der Waals surface area contributed by atoms with E-state index in [2.05, 4.69) is 0 Å². The fourth-order valence-corrected chi connectivity index (χ4v) is 3.72. The Hall–Kier alpha value is -2.11. The molecule has 26 heavy (non-hydrogen) atoms. The Labute approximate surface area is 158 Å². The topological polar surface area (TPSA) is 57.6 Å². The van der Waals surface area contributed by atoms with Crippen LogP contribution >= 0.6 is 11.8 Å². The molecule has 1 aliphatic rings. The predicted molar refractivity (Wildman–Crippen MR) is 103 cm³/mol. The second kappa shape index (κ2) is 8.06. The molecule has 0 unspecified atom stereocenters. The van der Waals surface area contributed by atoms with E-state index in [0.29, 0.717) is 16.4 Å². The van der Waals surface area contributed by atoms with Crippen molar-refractivity contribution >= 4 is 23.5 Å². The first-order valence-electron chi connectivity index (χ1n) is 8.78. The molecule has 4 nitrogen and oxygen atoms in total. The van der Waals surface area contributed by atoms with E-state index in [-0.39, 0.29) is 0 Å². The normalized spacial score (nSPS) is 16.0. The number of ketones is 1. The number of hydrogen-bond acceptors (Lipinski definition) is 4. The van der Waals surface area contributed by atoms with Crippen molar-refractivity contribution in [3.63, 3.8) is 0 Å². The fraction of sp³-hybridized carbons (Fsp3) is 0.333. The van der Waals surface area contributed by atoms with Crippen LogP contribution in [0.25, 0.3) is 0 Å². The summed E-state index contributed by atoms with van der Waals surface area (Å²) in [5, 5.41) is 11.2. The molecule has 0 aromatic heterocycles. The molecule has 2 aromatic rings. The monoisotopic (exact) mass is 369 g/mol. The molecule has 5 heteroatoms. The first-order valence-corrected chi connectivity index (χ1v) is 9.66. The van der Waals surface area contributed by atoms with Crippen molar-refractivity contribution in [1.29, 1.82) is 0 Å². The van der Waals surface area contributed by atoms with Crippen molar-refractivity contribution in [2.75, 3.05) is 7.05 Å². The number of aliphatic hydroxyl groups excluding tert-OH is 1. The number of nitrogens with zero attached hydrogens (tertiary/aromatic N) is 1. The highest BCUT2D eigenvalue weighted by Gasteiger charge is 2.29. The van der Waals surface area contributed by atoms with Gasteiger partial charge in [-0.25, -0.2) is 0 Å². The summed E-state index contributed by atoms with van der Waals surface area (Å²) in [7, 11) is 1.55. The van der Waals surface area contributed by atoms with Gasteiger partial charge in [-0.05, 0) is 49.6 Å². The lowest BCUT2D eigenvalue weighted by molar-refractivity contribution is -0.129. The summed E-state index contributed by atoms with van der Waals surface area (Å²) in [6, 6.07) is 15.8. The molecule has 136 valence electrons. The van der Waals surface area contributed by atoms with Crippen LogP contribution in [-0.2, 0) is 4.79 Å². The van der Waals surface area contributed by atoms with Crippen molar-refractivity contribution in [2.24, 2.45) is 0 Å². The van der Waals surface area contributed by atoms with Gasteiger partial charge < -0.3 is 10.0 Å². The minimum Gasteiger partial charge on any atom is -0.386 e. The lowest BCUT2D eigenvalue weighted by Crippen LogP contribution is -2.42. The van der Waals surface area contributed by atoms with Crippen LogP contribution in [0.4, 0.5) is 0 Å². The van der Waals surface area contributed by atoms with Gasteiger partial charge in [-0.2, -0.15) is 0 Å². The van der Waals surface area contributed by atoms with Gasteiger partial charge in [0, 0.05) is 22.8 Å². The molecule has 0 heterocycles. The minimum absolute atomic E-state index is 0.378. The van der Waals surface area contributed by atoms with Crippen molar-refractivity contribution < 1.29 is 14.7 Å². The third-order valence-electron chi connectivity index (χ3n) is 4.67.